The Morgan fingerprint density at radius 2 is 1.64 bits per heavy atom. The van der Waals surface area contributed by atoms with Crippen molar-refractivity contribution in [3.05, 3.63) is 48.2 Å². The van der Waals surface area contributed by atoms with Crippen LogP contribution in [0.2, 0.25) is 0 Å². The number of ether oxygens (including phenoxy) is 1. The SMILES string of the molecule is COc1cc(S(C)(=O)=O)ccc1NCC#Cc1cc2c(N[C@H]3CC[C@@H](N4CCC(S(C)(=O)=O)CC4)CC3)cccc2n1CC(F)(F)F. The molecular weight excluding hydrogens is 654 g/mol. The quantitative estimate of drug-likeness (QED) is 0.290. The number of nitrogens with zero attached hydrogens (tertiary/aromatic N) is 2. The Kier molecular flexibility index (Phi) is 10.4. The highest BCUT2D eigenvalue weighted by Gasteiger charge is 2.33. The topological polar surface area (TPSA) is 110 Å². The second-order valence-electron chi connectivity index (χ2n) is 12.5. The number of hydrogen-bond donors (Lipinski definition) is 2. The maximum atomic E-state index is 13.7. The van der Waals surface area contributed by atoms with E-state index in [-0.39, 0.29) is 28.4 Å². The van der Waals surface area contributed by atoms with Crippen molar-refractivity contribution in [2.24, 2.45) is 0 Å². The van der Waals surface area contributed by atoms with Gasteiger partial charge in [0, 0.05) is 41.7 Å². The van der Waals surface area contributed by atoms with E-state index in [0.717, 1.165) is 50.7 Å². The zero-order chi connectivity index (χ0) is 34.0. The van der Waals surface area contributed by atoms with Gasteiger partial charge in [-0.1, -0.05) is 12.0 Å². The van der Waals surface area contributed by atoms with Gasteiger partial charge in [-0.05, 0) is 87.9 Å². The normalized spacial score (nSPS) is 20.0. The molecule has 1 aliphatic carbocycles. The monoisotopic (exact) mass is 694 g/mol. The number of hydrogen-bond acceptors (Lipinski definition) is 8. The van der Waals surface area contributed by atoms with Gasteiger partial charge in [0.05, 0.1) is 40.7 Å². The second kappa shape index (κ2) is 14.0. The van der Waals surface area contributed by atoms with Crippen molar-refractivity contribution in [3.8, 4) is 17.6 Å². The van der Waals surface area contributed by atoms with E-state index >= 15 is 0 Å². The van der Waals surface area contributed by atoms with Crippen LogP contribution in [0.25, 0.3) is 10.9 Å². The number of aromatic nitrogens is 1. The Morgan fingerprint density at radius 3 is 2.26 bits per heavy atom. The molecule has 0 atom stereocenters. The highest BCUT2D eigenvalue weighted by molar-refractivity contribution is 7.91. The molecule has 1 saturated carbocycles. The van der Waals surface area contributed by atoms with Crippen LogP contribution in [0.1, 0.15) is 44.2 Å². The summed E-state index contributed by atoms with van der Waals surface area (Å²) in [6.45, 7) is 0.478. The van der Waals surface area contributed by atoms with Gasteiger partial charge in [-0.15, -0.1) is 0 Å². The zero-order valence-corrected chi connectivity index (χ0v) is 28.4. The summed E-state index contributed by atoms with van der Waals surface area (Å²) in [5.74, 6) is 6.10. The van der Waals surface area contributed by atoms with E-state index in [9.17, 15) is 30.0 Å². The summed E-state index contributed by atoms with van der Waals surface area (Å²) >= 11 is 0. The summed E-state index contributed by atoms with van der Waals surface area (Å²) in [6, 6.07) is 12.0. The smallest absolute Gasteiger partial charge is 0.406 e. The van der Waals surface area contributed by atoms with Crippen molar-refractivity contribution in [1.29, 1.82) is 0 Å². The van der Waals surface area contributed by atoms with Crippen molar-refractivity contribution in [2.45, 2.75) is 73.5 Å². The summed E-state index contributed by atoms with van der Waals surface area (Å²) in [7, 11) is -5.03. The van der Waals surface area contributed by atoms with E-state index in [1.165, 1.54) is 30.1 Å². The number of halogens is 3. The zero-order valence-electron chi connectivity index (χ0n) is 26.7. The summed E-state index contributed by atoms with van der Waals surface area (Å²) in [6.07, 6.45) is 3.06. The van der Waals surface area contributed by atoms with E-state index < -0.39 is 32.4 Å². The Labute approximate surface area is 274 Å². The van der Waals surface area contributed by atoms with Crippen LogP contribution in [-0.2, 0) is 26.2 Å². The molecule has 0 amide bonds. The van der Waals surface area contributed by atoms with Crippen LogP contribution >= 0.6 is 0 Å². The summed E-state index contributed by atoms with van der Waals surface area (Å²) in [5, 5.41) is 7.04. The minimum Gasteiger partial charge on any atom is -0.495 e. The summed E-state index contributed by atoms with van der Waals surface area (Å²) < 4.78 is 95.2. The van der Waals surface area contributed by atoms with Gasteiger partial charge >= 0.3 is 6.18 Å². The molecule has 2 heterocycles. The van der Waals surface area contributed by atoms with Gasteiger partial charge in [0.15, 0.2) is 9.84 Å². The minimum atomic E-state index is -4.45. The number of nitrogens with one attached hydrogen (secondary N) is 2. The third-order valence-electron chi connectivity index (χ3n) is 9.12. The molecule has 256 valence electrons. The Hall–Kier alpha value is -3.41. The molecule has 2 aliphatic rings. The predicted octanol–water partition coefficient (Wildman–Crippen LogP) is 5.31. The number of alkyl halides is 3. The molecule has 0 radical (unpaired) electrons. The fourth-order valence-electron chi connectivity index (χ4n) is 6.66. The molecule has 47 heavy (non-hydrogen) atoms. The van der Waals surface area contributed by atoms with Crippen LogP contribution in [0.5, 0.6) is 5.75 Å². The molecule has 5 rings (SSSR count). The Balaban J connectivity index is 1.28. The second-order valence-corrected chi connectivity index (χ2v) is 16.8. The molecule has 3 aromatic rings. The molecule has 14 heteroatoms. The highest BCUT2D eigenvalue weighted by atomic mass is 32.2. The fourth-order valence-corrected chi connectivity index (χ4v) is 8.36. The third kappa shape index (κ3) is 8.74. The average Bonchev–Trinajstić information content (AvgIpc) is 3.35. The number of rotatable bonds is 9. The molecule has 2 fully saturated rings. The van der Waals surface area contributed by atoms with Gasteiger partial charge in [-0.25, -0.2) is 16.8 Å². The van der Waals surface area contributed by atoms with E-state index in [1.54, 1.807) is 24.3 Å². The number of benzene rings is 2. The molecule has 0 bridgehead atoms. The number of anilines is 2. The molecule has 1 aliphatic heterocycles. The van der Waals surface area contributed by atoms with Crippen molar-refractivity contribution in [2.75, 3.05) is 49.9 Å². The third-order valence-corrected chi connectivity index (χ3v) is 11.9. The molecule has 0 spiro atoms. The van der Waals surface area contributed by atoms with Crippen LogP contribution < -0.4 is 15.4 Å². The van der Waals surface area contributed by atoms with Crippen LogP contribution in [0.3, 0.4) is 0 Å². The number of sulfone groups is 2. The first kappa shape index (κ1) is 34.9. The molecule has 1 saturated heterocycles. The fraction of sp³-hybridized carbons (Fsp3) is 0.515. The summed E-state index contributed by atoms with van der Waals surface area (Å²) in [5.41, 5.74) is 1.93. The van der Waals surface area contributed by atoms with Crippen LogP contribution in [0.15, 0.2) is 47.4 Å². The van der Waals surface area contributed by atoms with Crippen molar-refractivity contribution < 1.29 is 34.7 Å². The first-order valence-electron chi connectivity index (χ1n) is 15.6. The number of piperidine rings is 1. The van der Waals surface area contributed by atoms with Gasteiger partial charge < -0.3 is 24.8 Å². The molecular formula is C33H41F3N4O5S2. The molecule has 0 unspecified atom stereocenters. The average molecular weight is 695 g/mol. The molecule has 2 aromatic carbocycles. The van der Waals surface area contributed by atoms with Gasteiger partial charge in [-0.3, -0.25) is 0 Å². The largest absolute Gasteiger partial charge is 0.495 e. The highest BCUT2D eigenvalue weighted by Crippen LogP contribution is 2.34. The maximum Gasteiger partial charge on any atom is 0.406 e. The van der Waals surface area contributed by atoms with Gasteiger partial charge in [0.25, 0.3) is 0 Å². The van der Waals surface area contributed by atoms with Crippen LogP contribution in [0.4, 0.5) is 24.5 Å². The molecule has 2 N–H and O–H groups in total. The lowest BCUT2D eigenvalue weighted by Gasteiger charge is -2.40. The standard InChI is InChI=1S/C33H41F3N4O5S2/c1-45-32-21-27(47(3,43)44)13-14-30(32)37-17-5-6-25-20-28-29(7-4-8-31(28)40(25)22-33(34,35)36)38-23-9-11-24(12-10-23)39-18-15-26(16-19-39)46(2,41)42/h4,7-8,13-14,20-21,23-24,26,37-38H,9-12,15-19,22H2,1-3H3/t23-,24+. The van der Waals surface area contributed by atoms with Gasteiger partial charge in [0.1, 0.15) is 22.1 Å². The van der Waals surface area contributed by atoms with Gasteiger partial charge in [0.2, 0.25) is 0 Å². The maximum absolute atomic E-state index is 13.7. The minimum absolute atomic E-state index is 0.0857. The lowest BCUT2D eigenvalue weighted by Crippen LogP contribution is -2.46. The Bertz CT molecular complexity index is 1860. The molecule has 9 nitrogen and oxygen atoms in total. The lowest BCUT2D eigenvalue weighted by molar-refractivity contribution is -0.140. The lowest BCUT2D eigenvalue weighted by atomic mass is 9.89. The number of fused-ring (bicyclic) bond motifs is 1. The van der Waals surface area contributed by atoms with E-state index in [2.05, 4.69) is 27.4 Å². The Morgan fingerprint density at radius 1 is 0.936 bits per heavy atom. The van der Waals surface area contributed by atoms with Crippen LogP contribution in [-0.4, -0.2) is 89.1 Å². The predicted molar refractivity (Wildman–Crippen MR) is 179 cm³/mol. The van der Waals surface area contributed by atoms with Gasteiger partial charge in [-0.2, -0.15) is 13.2 Å². The van der Waals surface area contributed by atoms with E-state index in [1.807, 2.05) is 6.07 Å². The summed E-state index contributed by atoms with van der Waals surface area (Å²) in [4.78, 5) is 2.52. The van der Waals surface area contributed by atoms with Crippen molar-refractivity contribution in [1.82, 2.24) is 9.47 Å². The first-order chi connectivity index (χ1) is 22.1. The number of likely N-dealkylation sites (tertiary alicyclic amines) is 1. The first-order valence-corrected chi connectivity index (χ1v) is 19.5. The molecule has 1 aromatic heterocycles. The van der Waals surface area contributed by atoms with Crippen LogP contribution in [0, 0.1) is 11.8 Å². The van der Waals surface area contributed by atoms with Crippen molar-refractivity contribution >= 4 is 42.0 Å². The van der Waals surface area contributed by atoms with E-state index in [4.69, 9.17) is 4.74 Å². The number of methoxy groups -OCH3 is 1. The van der Waals surface area contributed by atoms with E-state index in [0.29, 0.717) is 41.2 Å². The van der Waals surface area contributed by atoms with Crippen molar-refractivity contribution in [3.63, 3.8) is 0 Å².